The molecule has 0 bridgehead atoms. The Balaban J connectivity index is 4.64. The topological polar surface area (TPSA) is 78.9 Å². The summed E-state index contributed by atoms with van der Waals surface area (Å²) in [5, 5.41) is 0. The summed E-state index contributed by atoms with van der Waals surface area (Å²) in [7, 11) is 0. The van der Waals surface area contributed by atoms with Crippen LogP contribution in [-0.4, -0.2) is 37.2 Å². The zero-order chi connectivity index (χ0) is 47.9. The molecule has 0 heterocycles. The lowest BCUT2D eigenvalue weighted by molar-refractivity contribution is -0.166. The minimum absolute atomic E-state index is 0.148. The van der Waals surface area contributed by atoms with Gasteiger partial charge in [-0.15, -0.1) is 0 Å². The van der Waals surface area contributed by atoms with Crippen LogP contribution < -0.4 is 0 Å². The van der Waals surface area contributed by atoms with Crippen LogP contribution in [0.2, 0.25) is 0 Å². The second kappa shape index (κ2) is 52.9. The molecule has 6 heteroatoms. The second-order valence-corrected chi connectivity index (χ2v) is 16.3. The molecule has 0 aliphatic heterocycles. The number of unbranched alkanes of at least 4 members (excludes halogenated alkanes) is 9. The number of ether oxygens (including phenoxy) is 3. The third-order valence-corrected chi connectivity index (χ3v) is 10.1. The molecule has 1 unspecified atom stereocenters. The summed E-state index contributed by atoms with van der Waals surface area (Å²) >= 11 is 0. The number of hydrogen-bond donors (Lipinski definition) is 0. The van der Waals surface area contributed by atoms with Gasteiger partial charge in [-0.3, -0.25) is 14.4 Å². The lowest BCUT2D eigenvalue weighted by Gasteiger charge is -2.18. The van der Waals surface area contributed by atoms with E-state index < -0.39 is 12.1 Å². The van der Waals surface area contributed by atoms with Gasteiger partial charge in [0.2, 0.25) is 0 Å². The van der Waals surface area contributed by atoms with E-state index in [2.05, 4.69) is 148 Å². The van der Waals surface area contributed by atoms with Crippen molar-refractivity contribution in [3.05, 3.63) is 146 Å². The summed E-state index contributed by atoms with van der Waals surface area (Å²) < 4.78 is 16.6. The zero-order valence-electron chi connectivity index (χ0n) is 41.9. The van der Waals surface area contributed by atoms with Crippen molar-refractivity contribution in [2.75, 3.05) is 13.2 Å². The Kier molecular flexibility index (Phi) is 49.1. The Morgan fingerprint density at radius 1 is 0.318 bits per heavy atom. The van der Waals surface area contributed by atoms with Gasteiger partial charge in [0.25, 0.3) is 0 Å². The van der Waals surface area contributed by atoms with Gasteiger partial charge in [-0.25, -0.2) is 0 Å². The summed E-state index contributed by atoms with van der Waals surface area (Å²) in [6.07, 6.45) is 75.7. The van der Waals surface area contributed by atoms with Crippen molar-refractivity contribution in [1.29, 1.82) is 0 Å². The molecular formula is C60H92O6. The summed E-state index contributed by atoms with van der Waals surface area (Å²) in [4.78, 5) is 37.9. The normalized spacial score (nSPS) is 13.3. The first kappa shape index (κ1) is 61.3. The Labute approximate surface area is 404 Å². The molecule has 0 spiro atoms. The Morgan fingerprint density at radius 2 is 0.621 bits per heavy atom. The van der Waals surface area contributed by atoms with Crippen molar-refractivity contribution in [1.82, 2.24) is 0 Å². The Morgan fingerprint density at radius 3 is 1.02 bits per heavy atom. The lowest BCUT2D eigenvalue weighted by atomic mass is 10.1. The van der Waals surface area contributed by atoms with E-state index in [1.165, 1.54) is 38.5 Å². The third-order valence-electron chi connectivity index (χ3n) is 10.1. The maximum Gasteiger partial charge on any atom is 0.306 e. The van der Waals surface area contributed by atoms with Gasteiger partial charge in [0.1, 0.15) is 13.2 Å². The first-order valence-corrected chi connectivity index (χ1v) is 25.8. The molecule has 0 saturated heterocycles. The smallest absolute Gasteiger partial charge is 0.306 e. The average molecular weight is 909 g/mol. The van der Waals surface area contributed by atoms with Crippen molar-refractivity contribution < 1.29 is 28.6 Å². The molecule has 0 rings (SSSR count). The van der Waals surface area contributed by atoms with Gasteiger partial charge in [0.05, 0.1) is 0 Å². The van der Waals surface area contributed by atoms with Crippen LogP contribution in [0.3, 0.4) is 0 Å². The van der Waals surface area contributed by atoms with Crippen LogP contribution in [0.25, 0.3) is 0 Å². The van der Waals surface area contributed by atoms with Crippen LogP contribution in [-0.2, 0) is 28.6 Å². The van der Waals surface area contributed by atoms with Crippen molar-refractivity contribution in [3.8, 4) is 0 Å². The molecular weight excluding hydrogens is 817 g/mol. The number of rotatable bonds is 44. The van der Waals surface area contributed by atoms with Crippen LogP contribution in [0.15, 0.2) is 146 Å². The minimum Gasteiger partial charge on any atom is -0.462 e. The summed E-state index contributed by atoms with van der Waals surface area (Å²) in [5.74, 6) is -1.14. The molecule has 0 fully saturated rings. The van der Waals surface area contributed by atoms with Gasteiger partial charge < -0.3 is 14.2 Å². The van der Waals surface area contributed by atoms with E-state index in [4.69, 9.17) is 14.2 Å². The molecule has 0 radical (unpaired) electrons. The van der Waals surface area contributed by atoms with Gasteiger partial charge in [0, 0.05) is 19.3 Å². The average Bonchev–Trinajstić information content (AvgIpc) is 3.31. The monoisotopic (exact) mass is 909 g/mol. The molecule has 368 valence electrons. The quantitative estimate of drug-likeness (QED) is 0.0262. The van der Waals surface area contributed by atoms with Crippen LogP contribution >= 0.6 is 0 Å². The van der Waals surface area contributed by atoms with Gasteiger partial charge in [-0.05, 0) is 116 Å². The molecule has 0 aliphatic carbocycles. The van der Waals surface area contributed by atoms with Crippen molar-refractivity contribution >= 4 is 17.9 Å². The molecule has 66 heavy (non-hydrogen) atoms. The highest BCUT2D eigenvalue weighted by Gasteiger charge is 2.19. The minimum atomic E-state index is -0.860. The largest absolute Gasteiger partial charge is 0.462 e. The van der Waals surface area contributed by atoms with Crippen molar-refractivity contribution in [3.63, 3.8) is 0 Å². The van der Waals surface area contributed by atoms with Gasteiger partial charge in [-0.1, -0.05) is 205 Å². The number of carbonyl (C=O) groups excluding carboxylic acids is 3. The predicted molar refractivity (Wildman–Crippen MR) is 283 cm³/mol. The van der Waals surface area contributed by atoms with Crippen LogP contribution in [0.1, 0.15) is 194 Å². The highest BCUT2D eigenvalue weighted by atomic mass is 16.6. The van der Waals surface area contributed by atoms with Crippen LogP contribution in [0.4, 0.5) is 0 Å². The molecule has 0 saturated carbocycles. The molecule has 0 aromatic carbocycles. The Bertz CT molecular complexity index is 1510. The second-order valence-electron chi connectivity index (χ2n) is 16.3. The van der Waals surface area contributed by atoms with E-state index in [0.717, 1.165) is 103 Å². The van der Waals surface area contributed by atoms with Crippen LogP contribution in [0, 0.1) is 0 Å². The van der Waals surface area contributed by atoms with Crippen LogP contribution in [0.5, 0.6) is 0 Å². The SMILES string of the molecule is CC/C=C\C/C=C\C/C=C\C/C=C\C/C=C\CCCCCC(=O)OCC(COC(=O)CC/C=C\C/C=C\CCCCCCCC)OC(=O)CC/C=C\C/C=C\C/C=C\C/C=C\C/C=C\CC. The first-order chi connectivity index (χ1) is 32.5. The van der Waals surface area contributed by atoms with Gasteiger partial charge in [0.15, 0.2) is 6.10 Å². The number of carbonyl (C=O) groups is 3. The summed E-state index contributed by atoms with van der Waals surface area (Å²) in [6.45, 7) is 6.23. The molecule has 0 amide bonds. The highest BCUT2D eigenvalue weighted by Crippen LogP contribution is 2.10. The van der Waals surface area contributed by atoms with Crippen molar-refractivity contribution in [2.24, 2.45) is 0 Å². The van der Waals surface area contributed by atoms with Gasteiger partial charge >= 0.3 is 17.9 Å². The maximum atomic E-state index is 12.8. The molecule has 0 aliphatic rings. The molecule has 0 N–H and O–H groups in total. The number of esters is 3. The van der Waals surface area contributed by atoms with E-state index in [9.17, 15) is 14.4 Å². The number of allylic oxidation sites excluding steroid dienone is 24. The summed E-state index contributed by atoms with van der Waals surface area (Å²) in [6, 6.07) is 0. The molecule has 1 atom stereocenters. The molecule has 6 nitrogen and oxygen atoms in total. The number of hydrogen-bond acceptors (Lipinski definition) is 6. The van der Waals surface area contributed by atoms with E-state index in [1.807, 2.05) is 18.2 Å². The maximum absolute atomic E-state index is 12.8. The fourth-order valence-corrected chi connectivity index (χ4v) is 6.27. The first-order valence-electron chi connectivity index (χ1n) is 25.8. The zero-order valence-corrected chi connectivity index (χ0v) is 41.9. The van der Waals surface area contributed by atoms with E-state index >= 15 is 0 Å². The lowest BCUT2D eigenvalue weighted by Crippen LogP contribution is -2.30. The van der Waals surface area contributed by atoms with E-state index in [1.54, 1.807) is 0 Å². The molecule has 0 aromatic rings. The molecule has 0 aromatic heterocycles. The Hall–Kier alpha value is -4.71. The highest BCUT2D eigenvalue weighted by molar-refractivity contribution is 5.71. The fraction of sp³-hybridized carbons (Fsp3) is 0.550. The predicted octanol–water partition coefficient (Wildman–Crippen LogP) is 17.3. The standard InChI is InChI=1S/C60H92O6/c1-4-7-10-13-16-19-22-25-27-29-30-31-33-35-38-41-44-47-50-53-59(62)65-56-57(55-64-58(61)52-49-46-43-40-37-34-24-21-18-15-12-9-6-3)66-60(63)54-51-48-45-42-39-36-32-28-26-23-20-17-14-11-8-5-2/h7-8,10-11,16-17,19-20,25-28,30-31,34-39,43,45-46,48,57H,4-6,9,12-15,18,21-24,29,32-33,40-42,44,47,49-56H2,1-3H3/b10-7-,11-8-,19-16-,20-17-,27-25-,28-26-,31-30-,37-34-,38-35-,39-36-,46-43-,48-45-. The third kappa shape index (κ3) is 50.3. The fourth-order valence-electron chi connectivity index (χ4n) is 6.27. The van der Waals surface area contributed by atoms with Crippen molar-refractivity contribution in [2.45, 2.75) is 200 Å². The van der Waals surface area contributed by atoms with E-state index in [0.29, 0.717) is 12.8 Å². The van der Waals surface area contributed by atoms with Gasteiger partial charge in [-0.2, -0.15) is 0 Å². The summed E-state index contributed by atoms with van der Waals surface area (Å²) in [5.41, 5.74) is 0. The van der Waals surface area contributed by atoms with E-state index in [-0.39, 0.29) is 44.4 Å².